The third-order valence-electron chi connectivity index (χ3n) is 6.03. The first-order valence-electron chi connectivity index (χ1n) is 9.92. The summed E-state index contributed by atoms with van der Waals surface area (Å²) in [4.78, 5) is 16.5. The van der Waals surface area contributed by atoms with Gasteiger partial charge in [0.05, 0.1) is 6.10 Å². The largest absolute Gasteiger partial charge is 0.480 e. The third-order valence-corrected chi connectivity index (χ3v) is 10.6. The van der Waals surface area contributed by atoms with Crippen LogP contribution in [0, 0.1) is 0 Å². The first kappa shape index (κ1) is 22.1. The Balaban J connectivity index is 1.97. The zero-order valence-electron chi connectivity index (χ0n) is 17.7. The minimum atomic E-state index is -2.01. The van der Waals surface area contributed by atoms with Crippen molar-refractivity contribution in [1.82, 2.24) is 9.80 Å². The highest BCUT2D eigenvalue weighted by molar-refractivity contribution is 6.74. The Kier molecular flexibility index (Phi) is 7.25. The molecule has 1 fully saturated rings. The molecule has 1 heterocycles. The molecule has 0 bridgehead atoms. The molecule has 152 valence electrons. The molecule has 2 rings (SSSR count). The van der Waals surface area contributed by atoms with Crippen LogP contribution in [0.3, 0.4) is 0 Å². The average molecular weight is 393 g/mol. The molecule has 0 unspecified atom stereocenters. The van der Waals surface area contributed by atoms with Gasteiger partial charge in [-0.15, -0.1) is 0 Å². The summed E-state index contributed by atoms with van der Waals surface area (Å²) in [7, 11) is -2.01. The van der Waals surface area contributed by atoms with Crippen molar-refractivity contribution in [3.63, 3.8) is 0 Å². The van der Waals surface area contributed by atoms with E-state index in [4.69, 9.17) is 4.43 Å². The van der Waals surface area contributed by atoms with E-state index in [9.17, 15) is 9.90 Å². The standard InChI is InChI=1S/C21H36N2O3Si/c1-17(26-27(5,6)21(2,3)4)19(20(24)25)23-14-12-22(13-15-23)16-18-10-8-7-9-11-18/h7-11,17,19H,12-16H2,1-6H3,(H,24,25)/t17-,19+/m1/s1. The Labute approximate surface area is 165 Å². The van der Waals surface area contributed by atoms with Gasteiger partial charge in [0.2, 0.25) is 0 Å². The number of hydrogen-bond acceptors (Lipinski definition) is 4. The van der Waals surface area contributed by atoms with Crippen LogP contribution < -0.4 is 0 Å². The van der Waals surface area contributed by atoms with Crippen LogP contribution in [0.4, 0.5) is 0 Å². The number of hydrogen-bond donors (Lipinski definition) is 1. The van der Waals surface area contributed by atoms with Gasteiger partial charge in [0.25, 0.3) is 0 Å². The molecule has 1 N–H and O–H groups in total. The van der Waals surface area contributed by atoms with Gasteiger partial charge in [0.1, 0.15) is 6.04 Å². The second kappa shape index (κ2) is 8.86. The normalized spacial score (nSPS) is 19.6. The van der Waals surface area contributed by atoms with Gasteiger partial charge in [-0.05, 0) is 30.6 Å². The number of nitrogens with zero attached hydrogens (tertiary/aromatic N) is 2. The molecule has 5 nitrogen and oxygen atoms in total. The van der Waals surface area contributed by atoms with Gasteiger partial charge in [-0.2, -0.15) is 0 Å². The summed E-state index contributed by atoms with van der Waals surface area (Å²) in [5.74, 6) is -0.780. The lowest BCUT2D eigenvalue weighted by Gasteiger charge is -2.43. The fourth-order valence-electron chi connectivity index (χ4n) is 3.40. The fraction of sp³-hybridized carbons (Fsp3) is 0.667. The maximum absolute atomic E-state index is 12.0. The van der Waals surface area contributed by atoms with Crippen molar-refractivity contribution < 1.29 is 14.3 Å². The number of piperazine rings is 1. The molecule has 1 saturated heterocycles. The fourth-order valence-corrected chi connectivity index (χ4v) is 4.81. The van der Waals surface area contributed by atoms with E-state index in [0.717, 1.165) is 32.7 Å². The summed E-state index contributed by atoms with van der Waals surface area (Å²) in [6.45, 7) is 17.0. The average Bonchev–Trinajstić information content (AvgIpc) is 2.56. The van der Waals surface area contributed by atoms with Crippen molar-refractivity contribution in [2.45, 2.75) is 64.5 Å². The zero-order valence-corrected chi connectivity index (χ0v) is 18.7. The highest BCUT2D eigenvalue weighted by Crippen LogP contribution is 2.38. The highest BCUT2D eigenvalue weighted by atomic mass is 28.4. The molecule has 0 aliphatic carbocycles. The van der Waals surface area contributed by atoms with Crippen LogP contribution >= 0.6 is 0 Å². The van der Waals surface area contributed by atoms with Crippen molar-refractivity contribution in [2.75, 3.05) is 26.2 Å². The minimum Gasteiger partial charge on any atom is -0.480 e. The second-order valence-corrected chi connectivity index (χ2v) is 13.9. The van der Waals surface area contributed by atoms with Gasteiger partial charge in [-0.1, -0.05) is 51.1 Å². The molecule has 1 aromatic rings. The van der Waals surface area contributed by atoms with Crippen molar-refractivity contribution in [2.24, 2.45) is 0 Å². The molecule has 0 saturated carbocycles. The number of benzene rings is 1. The quantitative estimate of drug-likeness (QED) is 0.718. The molecular formula is C21H36N2O3Si. The van der Waals surface area contributed by atoms with Crippen LogP contribution in [-0.2, 0) is 15.8 Å². The van der Waals surface area contributed by atoms with Crippen LogP contribution in [-0.4, -0.2) is 67.5 Å². The smallest absolute Gasteiger partial charge is 0.323 e. The van der Waals surface area contributed by atoms with Gasteiger partial charge in [0, 0.05) is 32.7 Å². The molecule has 27 heavy (non-hydrogen) atoms. The van der Waals surface area contributed by atoms with Crippen molar-refractivity contribution in [3.05, 3.63) is 35.9 Å². The van der Waals surface area contributed by atoms with Gasteiger partial charge >= 0.3 is 5.97 Å². The van der Waals surface area contributed by atoms with Crippen LogP contribution in [0.2, 0.25) is 18.1 Å². The summed E-state index contributed by atoms with van der Waals surface area (Å²) < 4.78 is 6.40. The molecular weight excluding hydrogens is 356 g/mol. The third kappa shape index (κ3) is 5.88. The lowest BCUT2D eigenvalue weighted by atomic mass is 10.1. The molecule has 0 amide bonds. The Morgan fingerprint density at radius 1 is 1.15 bits per heavy atom. The van der Waals surface area contributed by atoms with E-state index in [0.29, 0.717) is 0 Å². The zero-order chi connectivity index (χ0) is 20.2. The molecule has 0 spiro atoms. The molecule has 6 heteroatoms. The minimum absolute atomic E-state index is 0.0681. The maximum Gasteiger partial charge on any atom is 0.323 e. The second-order valence-electron chi connectivity index (χ2n) is 9.16. The van der Waals surface area contributed by atoms with Crippen molar-refractivity contribution in [1.29, 1.82) is 0 Å². The Morgan fingerprint density at radius 3 is 2.19 bits per heavy atom. The molecule has 1 aromatic carbocycles. The topological polar surface area (TPSA) is 53.0 Å². The Bertz CT molecular complexity index is 608. The SMILES string of the molecule is C[C@@H](O[Si](C)(C)C(C)(C)C)[C@@H](C(=O)O)N1CCN(Cc2ccccc2)CC1. The monoisotopic (exact) mass is 392 g/mol. The number of aliphatic carboxylic acids is 1. The van der Waals surface area contributed by atoms with Gasteiger partial charge in [0.15, 0.2) is 8.32 Å². The van der Waals surface area contributed by atoms with E-state index < -0.39 is 20.3 Å². The summed E-state index contributed by atoms with van der Waals surface area (Å²) in [6.07, 6.45) is -0.316. The predicted octanol–water partition coefficient (Wildman–Crippen LogP) is 3.67. The first-order valence-corrected chi connectivity index (χ1v) is 12.8. The maximum atomic E-state index is 12.0. The molecule has 1 aliphatic rings. The molecule has 0 radical (unpaired) electrons. The first-order chi connectivity index (χ1) is 12.5. The summed E-state index contributed by atoms with van der Waals surface area (Å²) >= 11 is 0. The molecule has 2 atom stereocenters. The van der Waals surface area contributed by atoms with Crippen LogP contribution in [0.25, 0.3) is 0 Å². The van der Waals surface area contributed by atoms with E-state index in [1.165, 1.54) is 5.56 Å². The van der Waals surface area contributed by atoms with Crippen LogP contribution in [0.1, 0.15) is 33.3 Å². The van der Waals surface area contributed by atoms with E-state index >= 15 is 0 Å². The Hall–Kier alpha value is -1.21. The summed E-state index contributed by atoms with van der Waals surface area (Å²) in [5, 5.41) is 9.94. The van der Waals surface area contributed by atoms with Gasteiger partial charge in [-0.25, -0.2) is 0 Å². The lowest BCUT2D eigenvalue weighted by molar-refractivity contribution is -0.148. The van der Waals surface area contributed by atoms with Crippen molar-refractivity contribution in [3.8, 4) is 0 Å². The van der Waals surface area contributed by atoms with E-state index in [1.807, 2.05) is 13.0 Å². The lowest BCUT2D eigenvalue weighted by Crippen LogP contribution is -2.58. The molecule has 1 aliphatic heterocycles. The van der Waals surface area contributed by atoms with Crippen LogP contribution in [0.5, 0.6) is 0 Å². The number of carboxylic acid groups (broad SMARTS) is 1. The highest BCUT2D eigenvalue weighted by Gasteiger charge is 2.42. The van der Waals surface area contributed by atoms with Crippen LogP contribution in [0.15, 0.2) is 30.3 Å². The van der Waals surface area contributed by atoms with Gasteiger partial charge in [-0.3, -0.25) is 14.6 Å². The van der Waals surface area contributed by atoms with Gasteiger partial charge < -0.3 is 9.53 Å². The molecule has 0 aromatic heterocycles. The van der Waals surface area contributed by atoms with E-state index in [1.54, 1.807) is 0 Å². The van der Waals surface area contributed by atoms with E-state index in [-0.39, 0.29) is 11.1 Å². The summed E-state index contributed by atoms with van der Waals surface area (Å²) in [5.41, 5.74) is 1.30. The Morgan fingerprint density at radius 2 is 1.70 bits per heavy atom. The predicted molar refractivity (Wildman–Crippen MR) is 112 cm³/mol. The number of carbonyl (C=O) groups is 1. The van der Waals surface area contributed by atoms with Crippen molar-refractivity contribution >= 4 is 14.3 Å². The number of rotatable bonds is 7. The van der Waals surface area contributed by atoms with E-state index in [2.05, 4.69) is 67.9 Å². The number of carboxylic acids is 1. The summed E-state index contributed by atoms with van der Waals surface area (Å²) in [6, 6.07) is 9.85.